The number of pyridine rings is 4. The zero-order chi connectivity index (χ0) is 62.7. The van der Waals surface area contributed by atoms with E-state index in [-0.39, 0.29) is 48.9 Å². The number of benzene rings is 6. The van der Waals surface area contributed by atoms with Crippen molar-refractivity contribution >= 4 is 99.4 Å². The summed E-state index contributed by atoms with van der Waals surface area (Å²) < 4.78 is 53.8. The van der Waals surface area contributed by atoms with Gasteiger partial charge < -0.3 is 40.1 Å². The fourth-order valence-corrected chi connectivity index (χ4v) is 8.85. The molecule has 89 heavy (non-hydrogen) atoms. The van der Waals surface area contributed by atoms with Crippen LogP contribution in [0.1, 0.15) is 27.9 Å². The smallest absolute Gasteiger partial charge is 0.753 e. The van der Waals surface area contributed by atoms with E-state index in [4.69, 9.17) is 30.8 Å². The van der Waals surface area contributed by atoms with Crippen molar-refractivity contribution in [2.75, 3.05) is 14.7 Å². The van der Waals surface area contributed by atoms with E-state index in [2.05, 4.69) is 191 Å². The summed E-state index contributed by atoms with van der Waals surface area (Å²) in [6, 6.07) is 62.1. The third-order valence-electron chi connectivity index (χ3n) is 13.1. The summed E-state index contributed by atoms with van der Waals surface area (Å²) in [5.41, 5.74) is 20.4. The van der Waals surface area contributed by atoms with Gasteiger partial charge in [0.15, 0.2) is 0 Å². The van der Waals surface area contributed by atoms with E-state index in [1.54, 1.807) is 6.07 Å². The van der Waals surface area contributed by atoms with Gasteiger partial charge in [-0.2, -0.15) is 18.3 Å². The Morgan fingerprint density at radius 1 is 0.483 bits per heavy atom. The Bertz CT molecular complexity index is 3800. The number of hydrogen-bond donors (Lipinski definition) is 1. The van der Waals surface area contributed by atoms with E-state index in [0.717, 1.165) is 67.8 Å². The van der Waals surface area contributed by atoms with Crippen molar-refractivity contribution in [3.05, 3.63) is 258 Å². The number of nitrogens with zero attached hydrogens (tertiary/aromatic N) is 8. The van der Waals surface area contributed by atoms with Gasteiger partial charge >= 0.3 is 25.7 Å². The molecule has 2 N–H and O–H groups in total. The minimum absolute atomic E-state index is 0. The molecule has 0 saturated carbocycles. The van der Waals surface area contributed by atoms with Crippen LogP contribution in [-0.2, 0) is 33.9 Å². The largest absolute Gasteiger partial charge is 2.00 e. The Morgan fingerprint density at radius 2 is 0.764 bits per heavy atom. The quantitative estimate of drug-likeness (QED) is 0.0346. The van der Waals surface area contributed by atoms with Gasteiger partial charge in [-0.1, -0.05) is 83.0 Å². The van der Waals surface area contributed by atoms with E-state index < -0.39 is 17.6 Å². The minimum atomic E-state index is -4.86. The molecule has 16 nitrogen and oxygen atoms in total. The SMILES string of the molecule is Cc1ccc(N(c2ccc(C)cc2)c2ccc(N(c3ccc(N(c4ccc(C)cc4)c4ccc(C)cc4)cc3)c3ccc(/C([NH-])=C/C(=N)C(F)(F)F)nc3)cc2)cc1.O=COc1ccnc(-c2cc(OC=O)cc(-c3cc(OC=O)ccn3)n2)c1.[N-]=C=S.[Ru+2]. The summed E-state index contributed by atoms with van der Waals surface area (Å²) in [5.74, 6) is 0.760. The summed E-state index contributed by atoms with van der Waals surface area (Å²) in [7, 11) is 0. The van der Waals surface area contributed by atoms with Gasteiger partial charge in [0.2, 0.25) is 0 Å². The number of aryl methyl sites for hydroxylation is 4. The summed E-state index contributed by atoms with van der Waals surface area (Å²) in [6.45, 7) is 9.13. The molecule has 0 atom stereocenters. The van der Waals surface area contributed by atoms with Gasteiger partial charge in [-0.25, -0.2) is 4.98 Å². The first kappa shape index (κ1) is 65.7. The molecule has 21 heteroatoms. The van der Waals surface area contributed by atoms with Crippen molar-refractivity contribution in [3.8, 4) is 40.0 Å². The number of allylic oxidation sites excluding steroid dienone is 1. The van der Waals surface area contributed by atoms with Gasteiger partial charge in [0, 0.05) is 87.9 Å². The van der Waals surface area contributed by atoms with E-state index in [1.807, 2.05) is 29.2 Å². The van der Waals surface area contributed by atoms with E-state index in [9.17, 15) is 27.6 Å². The third-order valence-corrected chi connectivity index (χ3v) is 13.1. The number of halogens is 3. The summed E-state index contributed by atoms with van der Waals surface area (Å²) >= 11 is 3.70. The molecule has 4 aromatic heterocycles. The predicted octanol–water partition coefficient (Wildman–Crippen LogP) is 17.2. The van der Waals surface area contributed by atoms with Gasteiger partial charge in [0.25, 0.3) is 19.4 Å². The molecule has 4 heterocycles. The molecule has 0 unspecified atom stereocenters. The van der Waals surface area contributed by atoms with Gasteiger partial charge in [0.05, 0.1) is 34.7 Å². The summed E-state index contributed by atoms with van der Waals surface area (Å²) in [5, 5.41) is 15.8. The zero-order valence-corrected chi connectivity index (χ0v) is 50.5. The van der Waals surface area contributed by atoms with E-state index >= 15 is 0 Å². The van der Waals surface area contributed by atoms with Crippen LogP contribution in [0.25, 0.3) is 39.6 Å². The molecule has 0 aliphatic rings. The normalized spacial score (nSPS) is 10.7. The Kier molecular flexibility index (Phi) is 22.9. The van der Waals surface area contributed by atoms with Gasteiger partial charge in [-0.15, -0.1) is 5.70 Å². The standard InChI is InChI=1S/C49H42F3N6.C18H11N3O6.CNS.Ru/c1-33-5-13-37(14-6-33)56(38-15-7-34(2)8-16-38)41-21-25-43(26-22-41)58(45-29-30-47(55-32-45)46(53)31-48(54)49(50,51)52)44-27-23-42(24-28-44)57(39-17-9-35(3)10-18-39)40-19-11-36(4)12-20-40;22-9-25-12-1-3-19-15(5-12)17-7-14(27-11-24)8-18(21-17)16-6-13(26-10-23)2-4-20-16;2-1-3;/h5-32,53-54H,1-4H3;1-11H;;/q-1;;-1;+2/b46-31-,54-48?;;;. The molecule has 0 radical (unpaired) electrons. The zero-order valence-electron chi connectivity index (χ0n) is 47.9. The number of carbonyl (C=O) groups excluding carboxylic acids is 3. The van der Waals surface area contributed by atoms with Crippen LogP contribution in [0, 0.1) is 33.1 Å². The molecule has 0 spiro atoms. The predicted molar refractivity (Wildman–Crippen MR) is 340 cm³/mol. The number of nitrogens with one attached hydrogen (secondary N) is 2. The first-order valence-corrected chi connectivity index (χ1v) is 27.1. The van der Waals surface area contributed by atoms with Crippen molar-refractivity contribution in [2.24, 2.45) is 0 Å². The van der Waals surface area contributed by atoms with Crippen LogP contribution < -0.4 is 28.9 Å². The van der Waals surface area contributed by atoms with Crippen molar-refractivity contribution in [3.63, 3.8) is 0 Å². The number of hydrogen-bond acceptors (Lipinski definition) is 15. The fourth-order valence-electron chi connectivity index (χ4n) is 8.85. The van der Waals surface area contributed by atoms with Crippen molar-refractivity contribution < 1.29 is 61.2 Å². The molecule has 6 aromatic carbocycles. The Labute approximate surface area is 529 Å². The van der Waals surface area contributed by atoms with Gasteiger partial charge in [0.1, 0.15) is 23.0 Å². The van der Waals surface area contributed by atoms with Crippen LogP contribution in [0.2, 0.25) is 0 Å². The molecular formula is C68H53F3N10O6RuS. The molecule has 0 bridgehead atoms. The van der Waals surface area contributed by atoms with Gasteiger partial charge in [-0.3, -0.25) is 34.7 Å². The monoisotopic (exact) mass is 1300 g/mol. The number of carbonyl (C=O) groups is 3. The minimum Gasteiger partial charge on any atom is -0.753 e. The molecule has 0 fully saturated rings. The van der Waals surface area contributed by atoms with Crippen LogP contribution in [0.15, 0.2) is 219 Å². The number of anilines is 9. The van der Waals surface area contributed by atoms with Crippen LogP contribution in [0.5, 0.6) is 17.2 Å². The van der Waals surface area contributed by atoms with Crippen molar-refractivity contribution in [1.82, 2.24) is 19.9 Å². The first-order chi connectivity index (χ1) is 42.5. The Balaban J connectivity index is 0.000000303. The fraction of sp³-hybridized carbons (Fsp3) is 0.0735. The van der Waals surface area contributed by atoms with Crippen LogP contribution in [0.4, 0.5) is 64.4 Å². The molecule has 0 saturated heterocycles. The molecule has 10 aromatic rings. The average Bonchev–Trinajstić information content (AvgIpc) is 3.08. The van der Waals surface area contributed by atoms with Gasteiger partial charge in [-0.05, 0) is 155 Å². The van der Waals surface area contributed by atoms with E-state index in [0.29, 0.717) is 47.5 Å². The maximum atomic E-state index is 13.1. The third kappa shape index (κ3) is 17.4. The maximum absolute atomic E-state index is 13.1. The second-order valence-corrected chi connectivity index (χ2v) is 19.5. The van der Waals surface area contributed by atoms with Crippen LogP contribution >= 0.6 is 12.2 Å². The molecule has 0 amide bonds. The van der Waals surface area contributed by atoms with Crippen LogP contribution in [-0.4, -0.2) is 56.4 Å². The van der Waals surface area contributed by atoms with Crippen LogP contribution in [0.3, 0.4) is 0 Å². The summed E-state index contributed by atoms with van der Waals surface area (Å²) in [4.78, 5) is 55.4. The molecule has 446 valence electrons. The molecule has 0 aliphatic carbocycles. The first-order valence-electron chi connectivity index (χ1n) is 26.7. The van der Waals surface area contributed by atoms with Crippen molar-refractivity contribution in [2.45, 2.75) is 33.9 Å². The molecule has 10 rings (SSSR count). The molecule has 0 aliphatic heterocycles. The number of rotatable bonds is 19. The number of isothiocyanates is 1. The summed E-state index contributed by atoms with van der Waals surface area (Å²) in [6.07, 6.45) is 0.0367. The number of thiocarbonyl (C=S) groups is 1. The Hall–Kier alpha value is -10.8. The second kappa shape index (κ2) is 31.0. The second-order valence-electron chi connectivity index (χ2n) is 19.3. The average molecular weight is 1300 g/mol. The van der Waals surface area contributed by atoms with Crippen molar-refractivity contribution in [1.29, 1.82) is 5.41 Å². The number of alkyl halides is 3. The van der Waals surface area contributed by atoms with E-state index in [1.165, 1.54) is 66.2 Å². The number of aromatic nitrogens is 4. The number of ether oxygens (including phenoxy) is 3. The maximum Gasteiger partial charge on any atom is 2.00 e. The topological polar surface area (TPSA) is 210 Å². The Morgan fingerprint density at radius 3 is 1.06 bits per heavy atom. The molecular weight excluding hydrogens is 1240 g/mol.